The lowest BCUT2D eigenvalue weighted by molar-refractivity contribution is 0.408. The molecule has 1 aliphatic carbocycles. The number of benzene rings is 1. The van der Waals surface area contributed by atoms with Crippen LogP contribution in [0.2, 0.25) is 0 Å². The molecule has 1 nitrogen and oxygen atoms in total. The molecule has 0 amide bonds. The molecule has 0 radical (unpaired) electrons. The monoisotopic (exact) mass is 282 g/mol. The van der Waals surface area contributed by atoms with Gasteiger partial charge in [0.25, 0.3) is 0 Å². The summed E-state index contributed by atoms with van der Waals surface area (Å²) in [5.74, 6) is 1.96. The van der Waals surface area contributed by atoms with Crippen molar-refractivity contribution in [2.75, 3.05) is 7.11 Å². The first kappa shape index (κ1) is 12.0. The fourth-order valence-electron chi connectivity index (χ4n) is 2.09. The van der Waals surface area contributed by atoms with Crippen molar-refractivity contribution < 1.29 is 4.74 Å². The van der Waals surface area contributed by atoms with Crippen LogP contribution in [-0.2, 0) is 6.42 Å². The van der Waals surface area contributed by atoms with Gasteiger partial charge in [-0.1, -0.05) is 33.6 Å². The van der Waals surface area contributed by atoms with Gasteiger partial charge in [0.2, 0.25) is 0 Å². The number of hydrogen-bond donors (Lipinski definition) is 0. The van der Waals surface area contributed by atoms with E-state index in [0.29, 0.717) is 4.83 Å². The van der Waals surface area contributed by atoms with Crippen LogP contribution in [0.15, 0.2) is 18.2 Å². The number of ether oxygens (including phenoxy) is 1. The van der Waals surface area contributed by atoms with E-state index in [9.17, 15) is 0 Å². The summed E-state index contributed by atoms with van der Waals surface area (Å²) < 4.78 is 5.39. The maximum atomic E-state index is 5.39. The van der Waals surface area contributed by atoms with E-state index < -0.39 is 0 Å². The van der Waals surface area contributed by atoms with Crippen LogP contribution in [-0.4, -0.2) is 11.9 Å². The third-order valence-electron chi connectivity index (χ3n) is 3.26. The quantitative estimate of drug-likeness (QED) is 0.739. The Labute approximate surface area is 106 Å². The van der Waals surface area contributed by atoms with E-state index in [1.54, 1.807) is 7.11 Å². The fourth-order valence-corrected chi connectivity index (χ4v) is 2.85. The van der Waals surface area contributed by atoms with Gasteiger partial charge in [0.05, 0.1) is 7.11 Å². The second-order valence-corrected chi connectivity index (χ2v) is 5.88. The van der Waals surface area contributed by atoms with E-state index in [4.69, 9.17) is 4.74 Å². The minimum atomic E-state index is 0.692. The average Bonchev–Trinajstić information content (AvgIpc) is 3.10. The van der Waals surface area contributed by atoms with Gasteiger partial charge in [-0.25, -0.2) is 0 Å². The summed E-state index contributed by atoms with van der Waals surface area (Å²) in [7, 11) is 1.75. The number of rotatable bonds is 5. The van der Waals surface area contributed by atoms with Crippen LogP contribution < -0.4 is 4.74 Å². The summed E-state index contributed by atoms with van der Waals surface area (Å²) in [6.45, 7) is 2.13. The molecule has 1 fully saturated rings. The normalized spacial score (nSPS) is 17.2. The van der Waals surface area contributed by atoms with Gasteiger partial charge < -0.3 is 4.74 Å². The van der Waals surface area contributed by atoms with Crippen LogP contribution in [0.4, 0.5) is 0 Å². The van der Waals surface area contributed by atoms with Crippen molar-refractivity contribution >= 4 is 15.9 Å². The van der Waals surface area contributed by atoms with E-state index in [-0.39, 0.29) is 0 Å². The highest BCUT2D eigenvalue weighted by molar-refractivity contribution is 9.09. The first-order chi connectivity index (χ1) is 7.70. The van der Waals surface area contributed by atoms with Crippen LogP contribution in [0.1, 0.15) is 30.4 Å². The second kappa shape index (κ2) is 5.22. The highest BCUT2D eigenvalue weighted by Crippen LogP contribution is 2.39. The maximum absolute atomic E-state index is 5.39. The zero-order chi connectivity index (χ0) is 11.5. The predicted octanol–water partition coefficient (Wildman–Crippen LogP) is 4.11. The Morgan fingerprint density at radius 2 is 2.19 bits per heavy atom. The highest BCUT2D eigenvalue weighted by Gasteiger charge is 2.28. The third-order valence-corrected chi connectivity index (χ3v) is 4.46. The number of methoxy groups -OCH3 is 1. The van der Waals surface area contributed by atoms with Gasteiger partial charge in [0, 0.05) is 4.83 Å². The summed E-state index contributed by atoms with van der Waals surface area (Å²) in [4.78, 5) is 0.692. The molecule has 0 spiro atoms. The van der Waals surface area contributed by atoms with Crippen LogP contribution in [0.25, 0.3) is 0 Å². The Bertz CT molecular complexity index is 358. The average molecular weight is 283 g/mol. The van der Waals surface area contributed by atoms with E-state index >= 15 is 0 Å². The molecule has 1 aromatic rings. The minimum Gasteiger partial charge on any atom is -0.496 e. The van der Waals surface area contributed by atoms with Crippen LogP contribution in [0.3, 0.4) is 0 Å². The summed E-state index contributed by atoms with van der Waals surface area (Å²) >= 11 is 3.79. The van der Waals surface area contributed by atoms with Crippen molar-refractivity contribution in [2.24, 2.45) is 5.92 Å². The number of alkyl halides is 1. The third kappa shape index (κ3) is 3.00. The van der Waals surface area contributed by atoms with Crippen molar-refractivity contribution in [3.05, 3.63) is 29.3 Å². The van der Waals surface area contributed by atoms with Gasteiger partial charge in [0.1, 0.15) is 5.75 Å². The molecule has 88 valence electrons. The van der Waals surface area contributed by atoms with Crippen molar-refractivity contribution in [3.8, 4) is 5.75 Å². The molecule has 2 rings (SSSR count). The summed E-state index contributed by atoms with van der Waals surface area (Å²) in [6, 6.07) is 6.42. The number of aryl methyl sites for hydroxylation is 2. The maximum Gasteiger partial charge on any atom is 0.122 e. The van der Waals surface area contributed by atoms with Gasteiger partial charge in [-0.3, -0.25) is 0 Å². The zero-order valence-electron chi connectivity index (χ0n) is 10.0. The molecular formula is C14H19BrO. The lowest BCUT2D eigenvalue weighted by atomic mass is 10.0. The fraction of sp³-hybridized carbons (Fsp3) is 0.571. The lowest BCUT2D eigenvalue weighted by Gasteiger charge is -2.12. The highest BCUT2D eigenvalue weighted by atomic mass is 79.9. The standard InChI is InChI=1S/C14H19BrO/c1-10-3-8-14(16-2)12(9-10)6-7-13(15)11-4-5-11/h3,8-9,11,13H,4-7H2,1-2H3. The minimum absolute atomic E-state index is 0.692. The van der Waals surface area contributed by atoms with Crippen molar-refractivity contribution in [1.29, 1.82) is 0 Å². The molecule has 1 unspecified atom stereocenters. The molecule has 0 bridgehead atoms. The van der Waals surface area contributed by atoms with Crippen molar-refractivity contribution in [1.82, 2.24) is 0 Å². The second-order valence-electron chi connectivity index (χ2n) is 4.71. The van der Waals surface area contributed by atoms with Gasteiger partial charge >= 0.3 is 0 Å². The van der Waals surface area contributed by atoms with Crippen LogP contribution in [0.5, 0.6) is 5.75 Å². The van der Waals surface area contributed by atoms with E-state index in [1.165, 1.54) is 30.4 Å². The Morgan fingerprint density at radius 1 is 1.44 bits per heavy atom. The lowest BCUT2D eigenvalue weighted by Crippen LogP contribution is -2.03. The number of hydrogen-bond acceptors (Lipinski definition) is 1. The summed E-state index contributed by atoms with van der Waals surface area (Å²) in [5, 5.41) is 0. The molecule has 0 N–H and O–H groups in total. The number of halogens is 1. The molecule has 1 saturated carbocycles. The van der Waals surface area contributed by atoms with Gasteiger partial charge in [-0.2, -0.15) is 0 Å². The largest absolute Gasteiger partial charge is 0.496 e. The molecule has 0 aromatic heterocycles. The first-order valence-electron chi connectivity index (χ1n) is 5.98. The molecule has 0 heterocycles. The smallest absolute Gasteiger partial charge is 0.122 e. The van der Waals surface area contributed by atoms with Gasteiger partial charge in [-0.15, -0.1) is 0 Å². The topological polar surface area (TPSA) is 9.23 Å². The van der Waals surface area contributed by atoms with Crippen LogP contribution in [0, 0.1) is 12.8 Å². The van der Waals surface area contributed by atoms with E-state index in [0.717, 1.165) is 18.1 Å². The molecule has 1 aromatic carbocycles. The molecule has 2 heteroatoms. The SMILES string of the molecule is COc1ccc(C)cc1CCC(Br)C1CC1. The Kier molecular flexibility index (Phi) is 3.91. The summed E-state index contributed by atoms with van der Waals surface area (Å²) in [5.41, 5.74) is 2.65. The van der Waals surface area contributed by atoms with Gasteiger partial charge in [0.15, 0.2) is 0 Å². The predicted molar refractivity (Wildman–Crippen MR) is 71.5 cm³/mol. The summed E-state index contributed by atoms with van der Waals surface area (Å²) in [6.07, 6.45) is 5.13. The van der Waals surface area contributed by atoms with Crippen molar-refractivity contribution in [2.45, 2.75) is 37.4 Å². The molecule has 0 aliphatic heterocycles. The van der Waals surface area contributed by atoms with E-state index in [1.807, 2.05) is 0 Å². The Morgan fingerprint density at radius 3 is 2.81 bits per heavy atom. The van der Waals surface area contributed by atoms with Gasteiger partial charge in [-0.05, 0) is 50.2 Å². The Balaban J connectivity index is 1.98. The van der Waals surface area contributed by atoms with Crippen molar-refractivity contribution in [3.63, 3.8) is 0 Å². The van der Waals surface area contributed by atoms with Crippen LogP contribution >= 0.6 is 15.9 Å². The molecule has 1 aliphatic rings. The molecular weight excluding hydrogens is 264 g/mol. The first-order valence-corrected chi connectivity index (χ1v) is 6.90. The Hall–Kier alpha value is -0.500. The van der Waals surface area contributed by atoms with E-state index in [2.05, 4.69) is 41.1 Å². The molecule has 1 atom stereocenters. The zero-order valence-corrected chi connectivity index (χ0v) is 11.6. The molecule has 16 heavy (non-hydrogen) atoms. The molecule has 0 saturated heterocycles.